The first-order valence-electron chi connectivity index (χ1n) is 9.56. The average Bonchev–Trinajstić information content (AvgIpc) is 2.51. The summed E-state index contributed by atoms with van der Waals surface area (Å²) in [6, 6.07) is 0. The monoisotopic (exact) mass is 531 g/mol. The van der Waals surface area contributed by atoms with Crippen LogP contribution in [-0.2, 0) is 14.8 Å². The van der Waals surface area contributed by atoms with E-state index in [1.54, 1.807) is 4.90 Å². The van der Waals surface area contributed by atoms with E-state index in [2.05, 4.69) is 9.71 Å². The summed E-state index contributed by atoms with van der Waals surface area (Å²) >= 11 is 0. The van der Waals surface area contributed by atoms with Gasteiger partial charge in [0.2, 0.25) is 10.0 Å². The van der Waals surface area contributed by atoms with Crippen molar-refractivity contribution < 1.29 is 17.9 Å². The van der Waals surface area contributed by atoms with Gasteiger partial charge in [0.1, 0.15) is 5.60 Å². The first-order chi connectivity index (χ1) is 12.6. The molecule has 1 saturated carbocycles. The third kappa shape index (κ3) is 8.68. The van der Waals surface area contributed by atoms with E-state index in [1.165, 1.54) is 6.42 Å². The predicted octanol–water partition coefficient (Wildman–Crippen LogP) is 1.19. The van der Waals surface area contributed by atoms with Crippen molar-refractivity contribution in [1.82, 2.24) is 14.5 Å². The maximum absolute atomic E-state index is 12.1. The summed E-state index contributed by atoms with van der Waals surface area (Å²) in [4.78, 5) is 19.7. The van der Waals surface area contributed by atoms with Gasteiger partial charge in [-0.2, -0.15) is 0 Å². The molecule has 0 bridgehead atoms. The standard InChI is InChI=1S/C17H33N5O4S.HI/c1-17(2,3)26-16(23)22-10-8-21(9-11-22)15(18)19-7-12-27(24,25)20-13-14-5-4-6-14;/h14,20H,4-13H2,1-3H3,(H2,18,19);1H. The summed E-state index contributed by atoms with van der Waals surface area (Å²) in [6.45, 7) is 8.22. The van der Waals surface area contributed by atoms with Gasteiger partial charge in [-0.3, -0.25) is 4.99 Å². The number of nitrogens with two attached hydrogens (primary N) is 1. The number of guanidine groups is 1. The molecule has 2 aliphatic rings. The molecule has 1 aliphatic carbocycles. The fourth-order valence-corrected chi connectivity index (χ4v) is 3.80. The van der Waals surface area contributed by atoms with Gasteiger partial charge in [0.05, 0.1) is 12.3 Å². The molecule has 0 radical (unpaired) electrons. The number of aliphatic imine (C=N–C) groups is 1. The smallest absolute Gasteiger partial charge is 0.410 e. The Bertz CT molecular complexity index is 638. The molecule has 1 amide bonds. The van der Waals surface area contributed by atoms with E-state index < -0.39 is 15.6 Å². The molecule has 2 rings (SSSR count). The lowest BCUT2D eigenvalue weighted by atomic mass is 9.86. The molecular formula is C17H34IN5O4S. The SMILES string of the molecule is CC(C)(C)OC(=O)N1CCN(C(N)=NCCS(=O)(=O)NCC2CCC2)CC1.I. The molecule has 9 nitrogen and oxygen atoms in total. The minimum absolute atomic E-state index is 0. The van der Waals surface area contributed by atoms with Crippen molar-refractivity contribution in [2.45, 2.75) is 45.6 Å². The van der Waals surface area contributed by atoms with Crippen LogP contribution in [0.2, 0.25) is 0 Å². The number of ether oxygens (including phenoxy) is 1. The average molecular weight is 531 g/mol. The number of amides is 1. The number of rotatable bonds is 6. The highest BCUT2D eigenvalue weighted by atomic mass is 127. The summed E-state index contributed by atoms with van der Waals surface area (Å²) < 4.78 is 31.9. The highest BCUT2D eigenvalue weighted by molar-refractivity contribution is 14.0. The lowest BCUT2D eigenvalue weighted by Crippen LogP contribution is -2.53. The van der Waals surface area contributed by atoms with Crippen LogP contribution in [0.4, 0.5) is 4.79 Å². The summed E-state index contributed by atoms with van der Waals surface area (Å²) in [7, 11) is -3.32. The van der Waals surface area contributed by atoms with Crippen LogP contribution in [0.25, 0.3) is 0 Å². The zero-order valence-corrected chi connectivity index (χ0v) is 20.2. The van der Waals surface area contributed by atoms with Crippen molar-refractivity contribution in [3.05, 3.63) is 0 Å². The molecule has 28 heavy (non-hydrogen) atoms. The second-order valence-electron chi connectivity index (χ2n) is 8.16. The van der Waals surface area contributed by atoms with Crippen LogP contribution in [0.5, 0.6) is 0 Å². The number of sulfonamides is 1. The molecule has 3 N–H and O–H groups in total. The number of hydrogen-bond donors (Lipinski definition) is 2. The van der Waals surface area contributed by atoms with Crippen molar-refractivity contribution >= 4 is 46.1 Å². The highest BCUT2D eigenvalue weighted by Crippen LogP contribution is 2.25. The number of carbonyl (C=O) groups is 1. The van der Waals surface area contributed by atoms with E-state index in [-0.39, 0.29) is 42.4 Å². The van der Waals surface area contributed by atoms with Gasteiger partial charge in [-0.15, -0.1) is 24.0 Å². The van der Waals surface area contributed by atoms with Gasteiger partial charge in [0.15, 0.2) is 5.96 Å². The summed E-state index contributed by atoms with van der Waals surface area (Å²) in [5.74, 6) is 0.723. The first kappa shape index (κ1) is 25.2. The normalized spacial score (nSPS) is 19.0. The minimum Gasteiger partial charge on any atom is -0.444 e. The number of piperazine rings is 1. The Kier molecular flexibility index (Phi) is 9.74. The van der Waals surface area contributed by atoms with E-state index >= 15 is 0 Å². The Morgan fingerprint density at radius 2 is 1.75 bits per heavy atom. The maximum atomic E-state index is 12.1. The summed E-state index contributed by atoms with van der Waals surface area (Å²) in [5, 5.41) is 0. The zero-order valence-electron chi connectivity index (χ0n) is 17.0. The fourth-order valence-electron chi connectivity index (χ4n) is 2.84. The van der Waals surface area contributed by atoms with Crippen LogP contribution < -0.4 is 10.5 Å². The van der Waals surface area contributed by atoms with Crippen LogP contribution in [0, 0.1) is 5.92 Å². The Morgan fingerprint density at radius 3 is 2.25 bits per heavy atom. The number of hydrogen-bond acceptors (Lipinski definition) is 5. The third-order valence-electron chi connectivity index (χ3n) is 4.71. The molecule has 0 unspecified atom stereocenters. The van der Waals surface area contributed by atoms with Gasteiger partial charge in [0, 0.05) is 32.7 Å². The van der Waals surface area contributed by atoms with Gasteiger partial charge in [-0.25, -0.2) is 17.9 Å². The molecule has 1 heterocycles. The minimum atomic E-state index is -3.32. The number of halogens is 1. The Labute approximate surface area is 185 Å². The summed E-state index contributed by atoms with van der Waals surface area (Å²) in [5.41, 5.74) is 5.46. The van der Waals surface area contributed by atoms with E-state index in [0.29, 0.717) is 44.6 Å². The van der Waals surface area contributed by atoms with Gasteiger partial charge in [-0.05, 0) is 39.5 Å². The van der Waals surface area contributed by atoms with Gasteiger partial charge in [0.25, 0.3) is 0 Å². The fraction of sp³-hybridized carbons (Fsp3) is 0.882. The molecule has 0 aromatic carbocycles. The molecular weight excluding hydrogens is 497 g/mol. The van der Waals surface area contributed by atoms with E-state index in [1.807, 2.05) is 25.7 Å². The van der Waals surface area contributed by atoms with Crippen LogP contribution in [0.15, 0.2) is 4.99 Å². The first-order valence-corrected chi connectivity index (χ1v) is 11.2. The van der Waals surface area contributed by atoms with Crippen molar-refractivity contribution in [3.8, 4) is 0 Å². The van der Waals surface area contributed by atoms with Crippen LogP contribution in [0.3, 0.4) is 0 Å². The number of nitrogens with one attached hydrogen (secondary N) is 1. The van der Waals surface area contributed by atoms with Crippen LogP contribution in [0.1, 0.15) is 40.0 Å². The third-order valence-corrected chi connectivity index (χ3v) is 6.03. The Balaban J connectivity index is 0.00000392. The molecule has 0 aromatic heterocycles. The molecule has 2 fully saturated rings. The summed E-state index contributed by atoms with van der Waals surface area (Å²) in [6.07, 6.45) is 3.06. The topological polar surface area (TPSA) is 117 Å². The lowest BCUT2D eigenvalue weighted by molar-refractivity contribution is 0.0186. The van der Waals surface area contributed by atoms with E-state index in [0.717, 1.165) is 12.8 Å². The van der Waals surface area contributed by atoms with Crippen LogP contribution >= 0.6 is 24.0 Å². The van der Waals surface area contributed by atoms with Crippen molar-refractivity contribution in [2.75, 3.05) is 45.0 Å². The van der Waals surface area contributed by atoms with Gasteiger partial charge < -0.3 is 20.3 Å². The molecule has 164 valence electrons. The van der Waals surface area contributed by atoms with Crippen molar-refractivity contribution in [2.24, 2.45) is 16.6 Å². The molecule has 0 aromatic rings. The molecule has 1 aliphatic heterocycles. The number of nitrogens with zero attached hydrogens (tertiary/aromatic N) is 3. The number of carbonyl (C=O) groups excluding carboxylic acids is 1. The van der Waals surface area contributed by atoms with Gasteiger partial charge in [-0.1, -0.05) is 6.42 Å². The molecule has 0 spiro atoms. The predicted molar refractivity (Wildman–Crippen MR) is 120 cm³/mol. The largest absolute Gasteiger partial charge is 0.444 e. The van der Waals surface area contributed by atoms with E-state index in [9.17, 15) is 13.2 Å². The maximum Gasteiger partial charge on any atom is 0.410 e. The quantitative estimate of drug-likeness (QED) is 0.302. The second-order valence-corrected chi connectivity index (χ2v) is 10.1. The van der Waals surface area contributed by atoms with Crippen LogP contribution in [-0.4, -0.2) is 80.9 Å². The van der Waals surface area contributed by atoms with Crippen molar-refractivity contribution in [3.63, 3.8) is 0 Å². The zero-order chi connectivity index (χ0) is 20.1. The van der Waals surface area contributed by atoms with E-state index in [4.69, 9.17) is 10.5 Å². The lowest BCUT2D eigenvalue weighted by Gasteiger charge is -2.36. The molecule has 1 saturated heterocycles. The van der Waals surface area contributed by atoms with Gasteiger partial charge >= 0.3 is 6.09 Å². The Hall–Kier alpha value is -0.820. The molecule has 0 atom stereocenters. The highest BCUT2D eigenvalue weighted by Gasteiger charge is 2.26. The second kappa shape index (κ2) is 10.8. The molecule has 11 heteroatoms. The Morgan fingerprint density at radius 1 is 1.18 bits per heavy atom. The van der Waals surface area contributed by atoms with Crippen molar-refractivity contribution in [1.29, 1.82) is 0 Å².